The molecule has 8 heteroatoms. The van der Waals surface area contributed by atoms with Crippen LogP contribution >= 0.6 is 0 Å². The van der Waals surface area contributed by atoms with Crippen LogP contribution in [0.15, 0.2) is 30.3 Å². The summed E-state index contributed by atoms with van der Waals surface area (Å²) in [5.74, 6) is 1.09. The largest absolute Gasteiger partial charge is 0.366 e. The van der Waals surface area contributed by atoms with Crippen molar-refractivity contribution in [2.75, 3.05) is 28.3 Å². The van der Waals surface area contributed by atoms with E-state index in [0.29, 0.717) is 30.3 Å². The molecule has 26 heavy (non-hydrogen) atoms. The van der Waals surface area contributed by atoms with E-state index in [1.54, 1.807) is 17.9 Å². The van der Waals surface area contributed by atoms with E-state index in [1.165, 1.54) is 0 Å². The number of carbonyl (C=O) groups excluding carboxylic acids is 1. The summed E-state index contributed by atoms with van der Waals surface area (Å²) < 4.78 is 23.3. The van der Waals surface area contributed by atoms with Gasteiger partial charge in [-0.25, -0.2) is 18.4 Å². The maximum absolute atomic E-state index is 13.0. The van der Waals surface area contributed by atoms with Crippen LogP contribution in [0, 0.1) is 6.92 Å². The molecule has 7 nitrogen and oxygen atoms in total. The number of aromatic nitrogens is 2. The van der Waals surface area contributed by atoms with E-state index in [0.717, 1.165) is 17.7 Å². The smallest absolute Gasteiger partial charge is 0.277 e. The lowest BCUT2D eigenvalue weighted by atomic mass is 10.2. The van der Waals surface area contributed by atoms with Gasteiger partial charge in [0.05, 0.1) is 11.5 Å². The number of rotatable bonds is 3. The molecule has 1 aromatic heterocycles. The summed E-state index contributed by atoms with van der Waals surface area (Å²) in [5, 5.41) is 3.14. The minimum absolute atomic E-state index is 0.0961. The molecule has 0 aliphatic carbocycles. The summed E-state index contributed by atoms with van der Waals surface area (Å²) in [7, 11) is -2.98. The molecule has 1 fully saturated rings. The Hall–Kier alpha value is -2.48. The topological polar surface area (TPSA) is 92.3 Å². The molecule has 2 aliphatic rings. The molecule has 1 saturated heterocycles. The van der Waals surface area contributed by atoms with Gasteiger partial charge in [0.25, 0.3) is 5.91 Å². The SMILES string of the molecule is Cc1nc(NC2CCS(=O)(=O)C2)cc(C(=O)N2CCc3ccccc32)n1. The minimum Gasteiger partial charge on any atom is -0.366 e. The lowest BCUT2D eigenvalue weighted by Gasteiger charge is -2.18. The maximum Gasteiger partial charge on any atom is 0.277 e. The summed E-state index contributed by atoms with van der Waals surface area (Å²) in [6, 6.07) is 9.30. The van der Waals surface area contributed by atoms with E-state index in [9.17, 15) is 13.2 Å². The second-order valence-electron chi connectivity index (χ2n) is 6.77. The molecule has 4 rings (SSSR count). The number of fused-ring (bicyclic) bond motifs is 1. The Kier molecular flexibility index (Phi) is 4.14. The molecule has 1 aromatic carbocycles. The van der Waals surface area contributed by atoms with Crippen molar-refractivity contribution in [3.8, 4) is 0 Å². The Bertz CT molecular complexity index is 974. The third-order valence-electron chi connectivity index (χ3n) is 4.77. The first-order valence-corrected chi connectivity index (χ1v) is 10.5. The molecule has 1 atom stereocenters. The van der Waals surface area contributed by atoms with Crippen molar-refractivity contribution in [2.45, 2.75) is 25.8 Å². The highest BCUT2D eigenvalue weighted by Crippen LogP contribution is 2.29. The van der Waals surface area contributed by atoms with Gasteiger partial charge in [-0.1, -0.05) is 18.2 Å². The molecule has 1 unspecified atom stereocenters. The van der Waals surface area contributed by atoms with E-state index in [4.69, 9.17) is 0 Å². The van der Waals surface area contributed by atoms with E-state index in [-0.39, 0.29) is 23.5 Å². The number of aryl methyl sites for hydroxylation is 1. The van der Waals surface area contributed by atoms with Gasteiger partial charge >= 0.3 is 0 Å². The predicted octanol–water partition coefficient (Wildman–Crippen LogP) is 1.59. The fourth-order valence-corrected chi connectivity index (χ4v) is 5.23. The average molecular weight is 372 g/mol. The fourth-order valence-electron chi connectivity index (χ4n) is 3.56. The van der Waals surface area contributed by atoms with Gasteiger partial charge in [0.1, 0.15) is 17.3 Å². The second-order valence-corrected chi connectivity index (χ2v) is 8.99. The van der Waals surface area contributed by atoms with Crippen LogP contribution in [-0.2, 0) is 16.3 Å². The molecule has 0 spiro atoms. The summed E-state index contributed by atoms with van der Waals surface area (Å²) in [6.45, 7) is 2.36. The summed E-state index contributed by atoms with van der Waals surface area (Å²) >= 11 is 0. The Balaban J connectivity index is 1.58. The Labute approximate surface area is 152 Å². The molecule has 3 heterocycles. The zero-order chi connectivity index (χ0) is 18.3. The summed E-state index contributed by atoms with van der Waals surface area (Å²) in [6.07, 6.45) is 1.38. The molecule has 1 N–H and O–H groups in total. The number of hydrogen-bond donors (Lipinski definition) is 1. The van der Waals surface area contributed by atoms with Crippen molar-refractivity contribution in [1.82, 2.24) is 9.97 Å². The fraction of sp³-hybridized carbons (Fsp3) is 0.389. The van der Waals surface area contributed by atoms with Crippen molar-refractivity contribution in [3.05, 3.63) is 47.4 Å². The van der Waals surface area contributed by atoms with Gasteiger partial charge in [-0.15, -0.1) is 0 Å². The van der Waals surface area contributed by atoms with Gasteiger partial charge in [0.2, 0.25) is 0 Å². The number of nitrogens with zero attached hydrogens (tertiary/aromatic N) is 3. The second kappa shape index (κ2) is 6.35. The van der Waals surface area contributed by atoms with Crippen LogP contribution in [0.1, 0.15) is 28.3 Å². The third kappa shape index (κ3) is 3.29. The van der Waals surface area contributed by atoms with E-state index in [2.05, 4.69) is 15.3 Å². The predicted molar refractivity (Wildman–Crippen MR) is 99.3 cm³/mol. The van der Waals surface area contributed by atoms with Crippen molar-refractivity contribution in [3.63, 3.8) is 0 Å². The van der Waals surface area contributed by atoms with Crippen LogP contribution < -0.4 is 10.2 Å². The van der Waals surface area contributed by atoms with Gasteiger partial charge in [-0.05, 0) is 31.4 Å². The van der Waals surface area contributed by atoms with Gasteiger partial charge in [0.15, 0.2) is 9.84 Å². The Morgan fingerprint density at radius 3 is 2.85 bits per heavy atom. The summed E-state index contributed by atoms with van der Waals surface area (Å²) in [5.41, 5.74) is 2.39. The minimum atomic E-state index is -2.98. The molecule has 2 aliphatic heterocycles. The number of nitrogens with one attached hydrogen (secondary N) is 1. The average Bonchev–Trinajstić information content (AvgIpc) is 3.16. The first kappa shape index (κ1) is 17.0. The van der Waals surface area contributed by atoms with Crippen LogP contribution in [-0.4, -0.2) is 48.4 Å². The molecule has 136 valence electrons. The van der Waals surface area contributed by atoms with Gasteiger partial charge < -0.3 is 10.2 Å². The van der Waals surface area contributed by atoms with Crippen molar-refractivity contribution in [1.29, 1.82) is 0 Å². The van der Waals surface area contributed by atoms with Crippen LogP contribution in [0.4, 0.5) is 11.5 Å². The zero-order valence-electron chi connectivity index (χ0n) is 14.5. The standard InChI is InChI=1S/C18H20N4O3S/c1-12-19-15(10-17(20-12)21-14-7-9-26(24,25)11-14)18(23)22-8-6-13-4-2-3-5-16(13)22/h2-5,10,14H,6-9,11H2,1H3,(H,19,20,21). The van der Waals surface area contributed by atoms with E-state index < -0.39 is 9.84 Å². The number of para-hydroxylation sites is 1. The Morgan fingerprint density at radius 1 is 1.27 bits per heavy atom. The quantitative estimate of drug-likeness (QED) is 0.880. The van der Waals surface area contributed by atoms with Crippen LogP contribution in [0.5, 0.6) is 0 Å². The molecule has 2 aromatic rings. The zero-order valence-corrected chi connectivity index (χ0v) is 15.3. The number of hydrogen-bond acceptors (Lipinski definition) is 6. The highest BCUT2D eigenvalue weighted by molar-refractivity contribution is 7.91. The normalized spacial score (nSPS) is 20.8. The van der Waals surface area contributed by atoms with Crippen LogP contribution in [0.2, 0.25) is 0 Å². The lowest BCUT2D eigenvalue weighted by Crippen LogP contribution is -2.30. The van der Waals surface area contributed by atoms with Crippen molar-refractivity contribution in [2.24, 2.45) is 0 Å². The maximum atomic E-state index is 13.0. The van der Waals surface area contributed by atoms with Gasteiger partial charge in [-0.2, -0.15) is 0 Å². The molecular weight excluding hydrogens is 352 g/mol. The third-order valence-corrected chi connectivity index (χ3v) is 6.54. The van der Waals surface area contributed by atoms with Crippen LogP contribution in [0.3, 0.4) is 0 Å². The van der Waals surface area contributed by atoms with Crippen LogP contribution in [0.25, 0.3) is 0 Å². The molecule has 0 saturated carbocycles. The highest BCUT2D eigenvalue weighted by Gasteiger charge is 2.29. The number of benzene rings is 1. The van der Waals surface area contributed by atoms with Crippen molar-refractivity contribution >= 4 is 27.2 Å². The monoisotopic (exact) mass is 372 g/mol. The van der Waals surface area contributed by atoms with Crippen molar-refractivity contribution < 1.29 is 13.2 Å². The van der Waals surface area contributed by atoms with E-state index >= 15 is 0 Å². The first-order chi connectivity index (χ1) is 12.4. The number of carbonyl (C=O) groups is 1. The number of sulfone groups is 1. The molecule has 1 amide bonds. The Morgan fingerprint density at radius 2 is 2.08 bits per heavy atom. The summed E-state index contributed by atoms with van der Waals surface area (Å²) in [4.78, 5) is 23.3. The molecule has 0 radical (unpaired) electrons. The highest BCUT2D eigenvalue weighted by atomic mass is 32.2. The van der Waals surface area contributed by atoms with Gasteiger partial charge in [-0.3, -0.25) is 4.79 Å². The van der Waals surface area contributed by atoms with Gasteiger partial charge in [0, 0.05) is 24.3 Å². The number of amides is 1. The number of anilines is 2. The lowest BCUT2D eigenvalue weighted by molar-refractivity contribution is 0.0984. The molecule has 0 bridgehead atoms. The van der Waals surface area contributed by atoms with E-state index in [1.807, 2.05) is 24.3 Å². The molecular formula is C18H20N4O3S. The first-order valence-electron chi connectivity index (χ1n) is 8.64.